The topological polar surface area (TPSA) is 62.3 Å². The van der Waals surface area contributed by atoms with Gasteiger partial charge in [0.1, 0.15) is 18.0 Å². The van der Waals surface area contributed by atoms with Gasteiger partial charge in [0.05, 0.1) is 13.2 Å². The normalized spacial score (nSPS) is 16.8. The van der Waals surface area contributed by atoms with Crippen molar-refractivity contribution in [2.75, 3.05) is 44.1 Å². The molecule has 0 amide bonds. The van der Waals surface area contributed by atoms with E-state index < -0.39 is 0 Å². The molecular weight excluding hydrogens is 218 g/mol. The minimum absolute atomic E-state index is 0.762. The van der Waals surface area contributed by atoms with Crippen molar-refractivity contribution in [1.29, 1.82) is 0 Å². The molecule has 0 radical (unpaired) electrons. The van der Waals surface area contributed by atoms with E-state index in [2.05, 4.69) is 32.6 Å². The second-order valence-corrected chi connectivity index (χ2v) is 3.86. The second-order valence-electron chi connectivity index (χ2n) is 3.86. The van der Waals surface area contributed by atoms with Gasteiger partial charge in [-0.15, -0.1) is 0 Å². The Hall–Kier alpha value is -1.40. The summed E-state index contributed by atoms with van der Waals surface area (Å²) >= 11 is 0. The molecule has 1 aliphatic heterocycles. The Balaban J connectivity index is 2.13. The van der Waals surface area contributed by atoms with Gasteiger partial charge in [0.25, 0.3) is 0 Å². The third kappa shape index (κ3) is 2.83. The molecule has 2 N–H and O–H groups in total. The molecule has 1 aromatic heterocycles. The fraction of sp³-hybridized carbons (Fsp3) is 0.636. The molecule has 0 bridgehead atoms. The zero-order valence-corrected chi connectivity index (χ0v) is 10.4. The standard InChI is InChI=1S/C11H19N5O/c1-3-9-10(12-2)13-8-14-11(9)15-16-4-6-17-7-5-16/h8H,3-7H2,1-2H3,(H2,12,13,14,15). The highest BCUT2D eigenvalue weighted by molar-refractivity contribution is 5.56. The number of nitrogens with zero attached hydrogens (tertiary/aromatic N) is 3. The number of nitrogens with one attached hydrogen (secondary N) is 2. The van der Waals surface area contributed by atoms with Crippen molar-refractivity contribution in [2.45, 2.75) is 13.3 Å². The minimum Gasteiger partial charge on any atom is -0.379 e. The molecule has 0 spiro atoms. The fourth-order valence-corrected chi connectivity index (χ4v) is 1.88. The van der Waals surface area contributed by atoms with Crippen molar-refractivity contribution >= 4 is 11.6 Å². The van der Waals surface area contributed by atoms with Crippen molar-refractivity contribution in [2.24, 2.45) is 0 Å². The number of morpholine rings is 1. The summed E-state index contributed by atoms with van der Waals surface area (Å²) in [6.45, 7) is 5.38. The summed E-state index contributed by atoms with van der Waals surface area (Å²) in [5.74, 6) is 1.77. The first-order valence-electron chi connectivity index (χ1n) is 5.96. The molecule has 2 heterocycles. The molecule has 94 valence electrons. The van der Waals surface area contributed by atoms with E-state index in [1.54, 1.807) is 6.33 Å². The van der Waals surface area contributed by atoms with E-state index in [0.29, 0.717) is 0 Å². The maximum absolute atomic E-state index is 5.31. The number of hydrogen-bond donors (Lipinski definition) is 2. The second kappa shape index (κ2) is 5.79. The number of hydrazine groups is 1. The predicted molar refractivity (Wildman–Crippen MR) is 67.0 cm³/mol. The summed E-state index contributed by atoms with van der Waals surface area (Å²) in [6.07, 6.45) is 2.47. The van der Waals surface area contributed by atoms with Crippen LogP contribution in [0.1, 0.15) is 12.5 Å². The van der Waals surface area contributed by atoms with E-state index in [9.17, 15) is 0 Å². The summed E-state index contributed by atoms with van der Waals surface area (Å²) in [5.41, 5.74) is 4.45. The third-order valence-corrected chi connectivity index (χ3v) is 2.81. The maximum Gasteiger partial charge on any atom is 0.149 e. The summed E-state index contributed by atoms with van der Waals surface area (Å²) in [6, 6.07) is 0. The van der Waals surface area contributed by atoms with Crippen molar-refractivity contribution < 1.29 is 4.74 Å². The van der Waals surface area contributed by atoms with E-state index in [-0.39, 0.29) is 0 Å². The number of rotatable bonds is 4. The van der Waals surface area contributed by atoms with Gasteiger partial charge in [0, 0.05) is 25.7 Å². The zero-order valence-electron chi connectivity index (χ0n) is 10.4. The fourth-order valence-electron chi connectivity index (χ4n) is 1.88. The van der Waals surface area contributed by atoms with Gasteiger partial charge in [0.2, 0.25) is 0 Å². The molecule has 0 saturated carbocycles. The first-order valence-corrected chi connectivity index (χ1v) is 5.96. The highest BCUT2D eigenvalue weighted by atomic mass is 16.5. The van der Waals surface area contributed by atoms with Crippen LogP contribution in [0.5, 0.6) is 0 Å². The van der Waals surface area contributed by atoms with Crippen LogP contribution in [-0.2, 0) is 11.2 Å². The molecule has 17 heavy (non-hydrogen) atoms. The van der Waals surface area contributed by atoms with Crippen molar-refractivity contribution in [3.63, 3.8) is 0 Å². The first kappa shape index (κ1) is 12.1. The predicted octanol–water partition coefficient (Wildman–Crippen LogP) is 0.740. The summed E-state index contributed by atoms with van der Waals surface area (Å²) in [4.78, 5) is 8.52. The molecular formula is C11H19N5O. The molecule has 1 saturated heterocycles. The molecule has 2 rings (SSSR count). The van der Waals surface area contributed by atoms with Gasteiger partial charge in [-0.3, -0.25) is 0 Å². The zero-order chi connectivity index (χ0) is 12.1. The van der Waals surface area contributed by atoms with E-state index in [1.165, 1.54) is 0 Å². The summed E-state index contributed by atoms with van der Waals surface area (Å²) < 4.78 is 5.31. The summed E-state index contributed by atoms with van der Waals surface area (Å²) in [7, 11) is 1.88. The third-order valence-electron chi connectivity index (χ3n) is 2.81. The number of aromatic nitrogens is 2. The lowest BCUT2D eigenvalue weighted by Gasteiger charge is -2.28. The average Bonchev–Trinajstić information content (AvgIpc) is 2.39. The van der Waals surface area contributed by atoms with Crippen LogP contribution < -0.4 is 10.7 Å². The van der Waals surface area contributed by atoms with E-state index in [0.717, 1.165) is 49.9 Å². The van der Waals surface area contributed by atoms with Crippen LogP contribution >= 0.6 is 0 Å². The van der Waals surface area contributed by atoms with Gasteiger partial charge >= 0.3 is 0 Å². The molecule has 0 atom stereocenters. The molecule has 1 aliphatic rings. The average molecular weight is 237 g/mol. The van der Waals surface area contributed by atoms with E-state index >= 15 is 0 Å². The lowest BCUT2D eigenvalue weighted by Crippen LogP contribution is -2.40. The smallest absolute Gasteiger partial charge is 0.149 e. The van der Waals surface area contributed by atoms with Gasteiger partial charge in [-0.25, -0.2) is 15.0 Å². The van der Waals surface area contributed by atoms with Crippen LogP contribution in [0.25, 0.3) is 0 Å². The van der Waals surface area contributed by atoms with Gasteiger partial charge in [0.15, 0.2) is 0 Å². The molecule has 1 fully saturated rings. The van der Waals surface area contributed by atoms with Crippen LogP contribution in [0, 0.1) is 0 Å². The Morgan fingerprint density at radius 1 is 1.29 bits per heavy atom. The highest BCUT2D eigenvalue weighted by Crippen LogP contribution is 2.20. The van der Waals surface area contributed by atoms with Crippen LogP contribution in [0.3, 0.4) is 0 Å². The lowest BCUT2D eigenvalue weighted by atomic mass is 10.2. The lowest BCUT2D eigenvalue weighted by molar-refractivity contribution is 0.0494. The molecule has 0 aromatic carbocycles. The number of ether oxygens (including phenoxy) is 1. The SMILES string of the molecule is CCc1c(NC)ncnc1NN1CCOCC1. The Labute approximate surface area is 101 Å². The van der Waals surface area contributed by atoms with Gasteiger partial charge < -0.3 is 15.5 Å². The minimum atomic E-state index is 0.762. The highest BCUT2D eigenvalue weighted by Gasteiger charge is 2.14. The summed E-state index contributed by atoms with van der Waals surface area (Å²) in [5, 5.41) is 5.22. The van der Waals surface area contributed by atoms with Crippen LogP contribution in [0.2, 0.25) is 0 Å². The van der Waals surface area contributed by atoms with Gasteiger partial charge in [-0.1, -0.05) is 6.92 Å². The van der Waals surface area contributed by atoms with Crippen molar-refractivity contribution in [3.8, 4) is 0 Å². The molecule has 6 nitrogen and oxygen atoms in total. The quantitative estimate of drug-likeness (QED) is 0.805. The van der Waals surface area contributed by atoms with E-state index in [4.69, 9.17) is 4.74 Å². The van der Waals surface area contributed by atoms with E-state index in [1.807, 2.05) is 7.05 Å². The number of hydrogen-bond acceptors (Lipinski definition) is 6. The Bertz CT molecular complexity index is 365. The largest absolute Gasteiger partial charge is 0.379 e. The molecule has 6 heteroatoms. The monoisotopic (exact) mass is 237 g/mol. The van der Waals surface area contributed by atoms with Gasteiger partial charge in [-0.05, 0) is 6.42 Å². The maximum atomic E-state index is 5.31. The Kier molecular flexibility index (Phi) is 4.11. The van der Waals surface area contributed by atoms with Crippen molar-refractivity contribution in [1.82, 2.24) is 15.0 Å². The van der Waals surface area contributed by atoms with Crippen LogP contribution in [-0.4, -0.2) is 48.3 Å². The molecule has 0 aliphatic carbocycles. The molecule has 0 unspecified atom stereocenters. The Morgan fingerprint density at radius 3 is 2.65 bits per heavy atom. The molecule has 1 aromatic rings. The number of anilines is 2. The van der Waals surface area contributed by atoms with Crippen LogP contribution in [0.15, 0.2) is 6.33 Å². The van der Waals surface area contributed by atoms with Crippen molar-refractivity contribution in [3.05, 3.63) is 11.9 Å². The first-order chi connectivity index (χ1) is 8.35. The Morgan fingerprint density at radius 2 is 2.00 bits per heavy atom. The van der Waals surface area contributed by atoms with Gasteiger partial charge in [-0.2, -0.15) is 0 Å². The van der Waals surface area contributed by atoms with Crippen LogP contribution in [0.4, 0.5) is 11.6 Å².